The van der Waals surface area contributed by atoms with Crippen molar-refractivity contribution in [2.75, 3.05) is 4.72 Å². The minimum Gasteiger partial charge on any atom is -0.456 e. The summed E-state index contributed by atoms with van der Waals surface area (Å²) in [6.07, 6.45) is 0. The molecule has 0 bridgehead atoms. The number of anilines is 1. The fraction of sp³-hybridized carbons (Fsp3) is 0. The van der Waals surface area contributed by atoms with E-state index in [1.54, 1.807) is 42.5 Å². The molecule has 4 nitrogen and oxygen atoms in total. The lowest BCUT2D eigenvalue weighted by Gasteiger charge is -2.11. The Kier molecular flexibility index (Phi) is 6.08. The van der Waals surface area contributed by atoms with E-state index >= 15 is 0 Å². The van der Waals surface area contributed by atoms with Gasteiger partial charge in [0.25, 0.3) is 10.0 Å². The molecule has 3 aromatic rings. The van der Waals surface area contributed by atoms with Crippen molar-refractivity contribution in [3.8, 4) is 11.5 Å². The third kappa shape index (κ3) is 5.00. The van der Waals surface area contributed by atoms with Crippen LogP contribution in [0.2, 0.25) is 20.1 Å². The Hall–Kier alpha value is -1.63. The van der Waals surface area contributed by atoms with Crippen LogP contribution in [0, 0.1) is 0 Å². The predicted octanol–water partition coefficient (Wildman–Crippen LogP) is 6.89. The third-order valence-electron chi connectivity index (χ3n) is 3.41. The first-order valence-corrected chi connectivity index (χ1v) is 10.4. The fourth-order valence-electron chi connectivity index (χ4n) is 2.17. The van der Waals surface area contributed by atoms with Crippen molar-refractivity contribution >= 4 is 62.1 Å². The van der Waals surface area contributed by atoms with Crippen molar-refractivity contribution in [2.24, 2.45) is 0 Å². The van der Waals surface area contributed by atoms with Crippen LogP contribution >= 0.6 is 46.4 Å². The average Bonchev–Trinajstić information content (AvgIpc) is 2.61. The van der Waals surface area contributed by atoms with E-state index in [9.17, 15) is 8.42 Å². The minimum atomic E-state index is -3.89. The Morgan fingerprint density at radius 2 is 1.37 bits per heavy atom. The van der Waals surface area contributed by atoms with Gasteiger partial charge in [-0.15, -0.1) is 0 Å². The Balaban J connectivity index is 1.78. The SMILES string of the molecule is O=S(=O)(Nc1ccc(Oc2ccc(Cl)cc2Cl)cc1)c1cc(Cl)ccc1Cl. The zero-order chi connectivity index (χ0) is 19.6. The second-order valence-electron chi connectivity index (χ2n) is 5.38. The van der Waals surface area contributed by atoms with Crippen LogP contribution in [0.4, 0.5) is 5.69 Å². The molecule has 0 saturated carbocycles. The summed E-state index contributed by atoms with van der Waals surface area (Å²) in [5.74, 6) is 0.906. The van der Waals surface area contributed by atoms with Crippen LogP contribution in [0.3, 0.4) is 0 Å². The summed E-state index contributed by atoms with van der Waals surface area (Å²) in [6, 6.07) is 15.4. The molecule has 0 aromatic heterocycles. The van der Waals surface area contributed by atoms with Gasteiger partial charge in [-0.05, 0) is 60.7 Å². The Bertz CT molecular complexity index is 1090. The Labute approximate surface area is 176 Å². The van der Waals surface area contributed by atoms with Crippen LogP contribution in [0.1, 0.15) is 0 Å². The van der Waals surface area contributed by atoms with Gasteiger partial charge in [0.2, 0.25) is 0 Å². The van der Waals surface area contributed by atoms with E-state index in [1.165, 1.54) is 18.2 Å². The molecule has 0 saturated heterocycles. The lowest BCUT2D eigenvalue weighted by Crippen LogP contribution is -2.13. The van der Waals surface area contributed by atoms with Crippen LogP contribution in [-0.2, 0) is 10.0 Å². The second kappa shape index (κ2) is 8.17. The largest absolute Gasteiger partial charge is 0.456 e. The second-order valence-corrected chi connectivity index (χ2v) is 8.72. The average molecular weight is 463 g/mol. The van der Waals surface area contributed by atoms with Gasteiger partial charge in [-0.1, -0.05) is 46.4 Å². The van der Waals surface area contributed by atoms with E-state index in [4.69, 9.17) is 51.1 Å². The monoisotopic (exact) mass is 461 g/mol. The number of rotatable bonds is 5. The number of halogens is 4. The molecule has 0 aliphatic rings. The topological polar surface area (TPSA) is 55.4 Å². The summed E-state index contributed by atoms with van der Waals surface area (Å²) in [5, 5.41) is 1.20. The van der Waals surface area contributed by atoms with Crippen LogP contribution in [-0.4, -0.2) is 8.42 Å². The standard InChI is InChI=1S/C18H11Cl4NO3S/c19-11-2-8-17(16(22)9-11)26-14-5-3-13(4-6-14)23-27(24,25)18-10-12(20)1-7-15(18)21/h1-10,23H. The van der Waals surface area contributed by atoms with Crippen molar-refractivity contribution < 1.29 is 13.2 Å². The van der Waals surface area contributed by atoms with Gasteiger partial charge in [0, 0.05) is 15.7 Å². The van der Waals surface area contributed by atoms with Gasteiger partial charge in [-0.2, -0.15) is 0 Å². The zero-order valence-electron chi connectivity index (χ0n) is 13.4. The molecule has 9 heteroatoms. The van der Waals surface area contributed by atoms with Gasteiger partial charge in [0.05, 0.1) is 10.0 Å². The van der Waals surface area contributed by atoms with Crippen molar-refractivity contribution in [2.45, 2.75) is 4.90 Å². The fourth-order valence-corrected chi connectivity index (χ4v) is 4.44. The first-order chi connectivity index (χ1) is 12.7. The van der Waals surface area contributed by atoms with E-state index in [-0.39, 0.29) is 14.9 Å². The Morgan fingerprint density at radius 1 is 0.741 bits per heavy atom. The van der Waals surface area contributed by atoms with Crippen molar-refractivity contribution in [3.05, 3.63) is 80.8 Å². The van der Waals surface area contributed by atoms with Gasteiger partial charge in [-0.3, -0.25) is 4.72 Å². The first-order valence-electron chi connectivity index (χ1n) is 7.45. The molecule has 0 spiro atoms. The number of hydrogen-bond donors (Lipinski definition) is 1. The highest BCUT2D eigenvalue weighted by Crippen LogP contribution is 2.32. The lowest BCUT2D eigenvalue weighted by molar-refractivity contribution is 0.483. The van der Waals surface area contributed by atoms with E-state index in [1.807, 2.05) is 0 Å². The van der Waals surface area contributed by atoms with Crippen molar-refractivity contribution in [1.29, 1.82) is 0 Å². The summed E-state index contributed by atoms with van der Waals surface area (Å²) in [7, 11) is -3.89. The number of ether oxygens (including phenoxy) is 1. The van der Waals surface area contributed by atoms with E-state index in [2.05, 4.69) is 4.72 Å². The lowest BCUT2D eigenvalue weighted by atomic mass is 10.3. The minimum absolute atomic E-state index is 0.0734. The zero-order valence-corrected chi connectivity index (χ0v) is 17.3. The van der Waals surface area contributed by atoms with Gasteiger partial charge in [0.15, 0.2) is 0 Å². The van der Waals surface area contributed by atoms with Gasteiger partial charge in [0.1, 0.15) is 16.4 Å². The molecule has 0 fully saturated rings. The smallest absolute Gasteiger partial charge is 0.263 e. The highest BCUT2D eigenvalue weighted by Gasteiger charge is 2.18. The molecule has 0 heterocycles. The Morgan fingerprint density at radius 3 is 2.04 bits per heavy atom. The molecule has 3 rings (SSSR count). The molecule has 3 aromatic carbocycles. The molecule has 0 radical (unpaired) electrons. The van der Waals surface area contributed by atoms with Gasteiger partial charge in [-0.25, -0.2) is 8.42 Å². The molecule has 27 heavy (non-hydrogen) atoms. The van der Waals surface area contributed by atoms with E-state index < -0.39 is 10.0 Å². The summed E-state index contributed by atoms with van der Waals surface area (Å²) >= 11 is 23.7. The van der Waals surface area contributed by atoms with Crippen molar-refractivity contribution in [1.82, 2.24) is 0 Å². The maximum absolute atomic E-state index is 12.5. The van der Waals surface area contributed by atoms with Crippen LogP contribution in [0.15, 0.2) is 65.6 Å². The molecule has 0 aliphatic heterocycles. The van der Waals surface area contributed by atoms with Crippen molar-refractivity contribution in [3.63, 3.8) is 0 Å². The normalized spacial score (nSPS) is 11.3. The number of hydrogen-bond acceptors (Lipinski definition) is 3. The summed E-state index contributed by atoms with van der Waals surface area (Å²) in [5.41, 5.74) is 0.334. The van der Waals surface area contributed by atoms with E-state index in [0.29, 0.717) is 27.2 Å². The maximum atomic E-state index is 12.5. The van der Waals surface area contributed by atoms with Gasteiger partial charge < -0.3 is 4.74 Å². The third-order valence-corrected chi connectivity index (χ3v) is 6.04. The molecule has 1 N–H and O–H groups in total. The van der Waals surface area contributed by atoms with Crippen LogP contribution in [0.25, 0.3) is 0 Å². The summed E-state index contributed by atoms with van der Waals surface area (Å²) in [6.45, 7) is 0. The summed E-state index contributed by atoms with van der Waals surface area (Å²) in [4.78, 5) is -0.107. The van der Waals surface area contributed by atoms with Crippen LogP contribution in [0.5, 0.6) is 11.5 Å². The quantitative estimate of drug-likeness (QED) is 0.448. The maximum Gasteiger partial charge on any atom is 0.263 e. The number of nitrogens with one attached hydrogen (secondary N) is 1. The first kappa shape index (κ1) is 20.1. The molecular weight excluding hydrogens is 452 g/mol. The molecular formula is C18H11Cl4NO3S. The molecule has 0 amide bonds. The predicted molar refractivity (Wildman–Crippen MR) is 110 cm³/mol. The number of sulfonamides is 1. The van der Waals surface area contributed by atoms with Gasteiger partial charge >= 0.3 is 0 Å². The summed E-state index contributed by atoms with van der Waals surface area (Å²) < 4.78 is 33.1. The molecule has 0 atom stereocenters. The molecule has 0 aliphatic carbocycles. The molecule has 140 valence electrons. The highest BCUT2D eigenvalue weighted by molar-refractivity contribution is 7.92. The van der Waals surface area contributed by atoms with Crippen LogP contribution < -0.4 is 9.46 Å². The molecule has 0 unspecified atom stereocenters. The number of benzene rings is 3. The highest BCUT2D eigenvalue weighted by atomic mass is 35.5. The van der Waals surface area contributed by atoms with E-state index in [0.717, 1.165) is 0 Å².